The van der Waals surface area contributed by atoms with Crippen LogP contribution in [0.2, 0.25) is 0 Å². The number of benzene rings is 1. The van der Waals surface area contributed by atoms with Crippen molar-refractivity contribution in [1.29, 1.82) is 0 Å². The Morgan fingerprint density at radius 2 is 1.84 bits per heavy atom. The normalized spacial score (nSPS) is 11.1. The summed E-state index contributed by atoms with van der Waals surface area (Å²) in [7, 11) is 0. The molecule has 0 aliphatic carbocycles. The number of hydrogen-bond donors (Lipinski definition) is 1. The Balaban J connectivity index is 2.76. The van der Waals surface area contributed by atoms with Gasteiger partial charge in [-0.1, -0.05) is 12.1 Å². The SMILES string of the molecule is O=C(O)CSCC(=O)c1ccccc1OC(F)(F)F. The molecule has 0 saturated heterocycles. The molecular weight excluding hydrogens is 285 g/mol. The van der Waals surface area contributed by atoms with Gasteiger partial charge >= 0.3 is 12.3 Å². The molecular formula is C11H9F3O4S. The van der Waals surface area contributed by atoms with Gasteiger partial charge in [0.25, 0.3) is 0 Å². The fourth-order valence-electron chi connectivity index (χ4n) is 1.22. The summed E-state index contributed by atoms with van der Waals surface area (Å²) in [5.74, 6) is -2.84. The van der Waals surface area contributed by atoms with Gasteiger partial charge in [-0.05, 0) is 12.1 Å². The molecule has 4 nitrogen and oxygen atoms in total. The first-order valence-electron chi connectivity index (χ1n) is 4.97. The molecule has 19 heavy (non-hydrogen) atoms. The predicted molar refractivity (Wildman–Crippen MR) is 62.4 cm³/mol. The molecule has 0 spiro atoms. The third-order valence-electron chi connectivity index (χ3n) is 1.87. The second-order valence-corrected chi connectivity index (χ2v) is 4.34. The Bertz CT molecular complexity index is 473. The van der Waals surface area contributed by atoms with Crippen molar-refractivity contribution in [2.45, 2.75) is 6.36 Å². The highest BCUT2D eigenvalue weighted by atomic mass is 32.2. The van der Waals surface area contributed by atoms with Crippen molar-refractivity contribution in [1.82, 2.24) is 0 Å². The lowest BCUT2D eigenvalue weighted by molar-refractivity contribution is -0.274. The minimum atomic E-state index is -4.88. The van der Waals surface area contributed by atoms with Crippen LogP contribution < -0.4 is 4.74 Å². The minimum Gasteiger partial charge on any atom is -0.481 e. The van der Waals surface area contributed by atoms with E-state index in [2.05, 4.69) is 4.74 Å². The third-order valence-corrected chi connectivity index (χ3v) is 2.79. The van der Waals surface area contributed by atoms with Gasteiger partial charge in [-0.3, -0.25) is 9.59 Å². The fourth-order valence-corrected chi connectivity index (χ4v) is 1.84. The maximum Gasteiger partial charge on any atom is 0.573 e. The van der Waals surface area contributed by atoms with E-state index in [1.807, 2.05) is 0 Å². The first kappa shape index (κ1) is 15.4. The number of ketones is 1. The summed E-state index contributed by atoms with van der Waals surface area (Å²) < 4.78 is 40.1. The van der Waals surface area contributed by atoms with E-state index in [-0.39, 0.29) is 17.1 Å². The zero-order chi connectivity index (χ0) is 14.5. The van der Waals surface area contributed by atoms with Crippen LogP contribution in [0.5, 0.6) is 5.75 Å². The maximum atomic E-state index is 12.1. The summed E-state index contributed by atoms with van der Waals surface area (Å²) in [4.78, 5) is 21.9. The van der Waals surface area contributed by atoms with Crippen LogP contribution in [0, 0.1) is 0 Å². The Hall–Kier alpha value is -1.70. The number of Topliss-reactive ketones (excluding diaryl/α,β-unsaturated/α-hetero) is 1. The Labute approximate surface area is 110 Å². The van der Waals surface area contributed by atoms with Crippen molar-refractivity contribution < 1.29 is 32.6 Å². The van der Waals surface area contributed by atoms with Crippen molar-refractivity contribution in [3.05, 3.63) is 29.8 Å². The predicted octanol–water partition coefficient (Wildman–Crippen LogP) is 2.59. The molecule has 0 amide bonds. The number of carboxylic acids is 1. The van der Waals surface area contributed by atoms with Crippen LogP contribution in [0.15, 0.2) is 24.3 Å². The average molecular weight is 294 g/mol. The van der Waals surface area contributed by atoms with Crippen LogP contribution >= 0.6 is 11.8 Å². The lowest BCUT2D eigenvalue weighted by Crippen LogP contribution is -2.19. The molecule has 1 aromatic carbocycles. The number of hydrogen-bond acceptors (Lipinski definition) is 4. The van der Waals surface area contributed by atoms with Gasteiger partial charge in [0.15, 0.2) is 5.78 Å². The number of carboxylic acid groups (broad SMARTS) is 1. The van der Waals surface area contributed by atoms with Gasteiger partial charge in [0.2, 0.25) is 0 Å². The lowest BCUT2D eigenvalue weighted by Gasteiger charge is -2.12. The number of carbonyl (C=O) groups is 2. The summed E-state index contributed by atoms with van der Waals surface area (Å²) >= 11 is 0.805. The Morgan fingerprint density at radius 3 is 2.42 bits per heavy atom. The summed E-state index contributed by atoms with van der Waals surface area (Å²) in [6, 6.07) is 4.94. The highest BCUT2D eigenvalue weighted by Gasteiger charge is 2.32. The summed E-state index contributed by atoms with van der Waals surface area (Å²) in [6.45, 7) is 0. The van der Waals surface area contributed by atoms with Crippen molar-refractivity contribution in [3.8, 4) is 5.75 Å². The summed E-state index contributed by atoms with van der Waals surface area (Å²) in [5.41, 5.74) is -0.224. The van der Waals surface area contributed by atoms with Crippen molar-refractivity contribution in [2.75, 3.05) is 11.5 Å². The van der Waals surface area contributed by atoms with Gasteiger partial charge in [-0.2, -0.15) is 0 Å². The largest absolute Gasteiger partial charge is 0.573 e. The van der Waals surface area contributed by atoms with Crippen LogP contribution in [0.4, 0.5) is 13.2 Å². The molecule has 1 aromatic rings. The highest BCUT2D eigenvalue weighted by molar-refractivity contribution is 8.00. The minimum absolute atomic E-state index is 0.224. The molecule has 0 saturated carbocycles. The smallest absolute Gasteiger partial charge is 0.481 e. The number of para-hydroxylation sites is 1. The zero-order valence-electron chi connectivity index (χ0n) is 9.44. The molecule has 0 aromatic heterocycles. The maximum absolute atomic E-state index is 12.1. The van der Waals surface area contributed by atoms with E-state index in [0.29, 0.717) is 0 Å². The highest BCUT2D eigenvalue weighted by Crippen LogP contribution is 2.27. The molecule has 0 unspecified atom stereocenters. The topological polar surface area (TPSA) is 63.6 Å². The quantitative estimate of drug-likeness (QED) is 0.817. The van der Waals surface area contributed by atoms with Gasteiger partial charge in [-0.15, -0.1) is 24.9 Å². The fraction of sp³-hybridized carbons (Fsp3) is 0.273. The molecule has 0 radical (unpaired) electrons. The van der Waals surface area contributed by atoms with Crippen LogP contribution in [-0.2, 0) is 4.79 Å². The first-order valence-corrected chi connectivity index (χ1v) is 6.12. The molecule has 1 N–H and O–H groups in total. The number of halogens is 3. The number of alkyl halides is 3. The molecule has 0 bridgehead atoms. The van der Waals surface area contributed by atoms with Crippen LogP contribution in [-0.4, -0.2) is 34.7 Å². The molecule has 0 aliphatic rings. The van der Waals surface area contributed by atoms with Gasteiger partial charge in [0, 0.05) is 0 Å². The van der Waals surface area contributed by atoms with Crippen molar-refractivity contribution in [2.24, 2.45) is 0 Å². The Morgan fingerprint density at radius 1 is 1.21 bits per heavy atom. The van der Waals surface area contributed by atoms with E-state index in [9.17, 15) is 22.8 Å². The van der Waals surface area contributed by atoms with Crippen LogP contribution in [0.1, 0.15) is 10.4 Å². The standard InChI is InChI=1S/C11H9F3O4S/c12-11(13,14)18-9-4-2-1-3-7(9)8(15)5-19-6-10(16)17/h1-4H,5-6H2,(H,16,17). The van der Waals surface area contributed by atoms with Gasteiger partial charge < -0.3 is 9.84 Å². The number of rotatable bonds is 6. The molecule has 0 atom stereocenters. The number of ether oxygens (including phenoxy) is 1. The van der Waals surface area contributed by atoms with E-state index in [1.165, 1.54) is 18.2 Å². The van der Waals surface area contributed by atoms with Gasteiger partial charge in [0.1, 0.15) is 5.75 Å². The second kappa shape index (κ2) is 6.46. The number of thioether (sulfide) groups is 1. The molecule has 8 heteroatoms. The summed E-state index contributed by atoms with van der Waals surface area (Å²) in [6.07, 6.45) is -4.88. The third kappa shape index (κ3) is 5.64. The van der Waals surface area contributed by atoms with Crippen molar-refractivity contribution >= 4 is 23.5 Å². The lowest BCUT2D eigenvalue weighted by atomic mass is 10.1. The second-order valence-electron chi connectivity index (χ2n) is 3.35. The molecule has 1 rings (SSSR count). The van der Waals surface area contributed by atoms with E-state index in [1.54, 1.807) is 0 Å². The van der Waals surface area contributed by atoms with E-state index in [4.69, 9.17) is 5.11 Å². The zero-order valence-corrected chi connectivity index (χ0v) is 10.3. The van der Waals surface area contributed by atoms with Gasteiger partial charge in [-0.25, -0.2) is 0 Å². The van der Waals surface area contributed by atoms with E-state index in [0.717, 1.165) is 17.8 Å². The molecule has 0 fully saturated rings. The van der Waals surface area contributed by atoms with Gasteiger partial charge in [0.05, 0.1) is 17.1 Å². The Kier molecular flexibility index (Phi) is 5.22. The average Bonchev–Trinajstić information content (AvgIpc) is 2.26. The molecule has 0 heterocycles. The number of aliphatic carboxylic acids is 1. The summed E-state index contributed by atoms with van der Waals surface area (Å²) in [5, 5.41) is 8.40. The van der Waals surface area contributed by atoms with Crippen molar-refractivity contribution in [3.63, 3.8) is 0 Å². The van der Waals surface area contributed by atoms with Crippen LogP contribution in [0.25, 0.3) is 0 Å². The monoisotopic (exact) mass is 294 g/mol. The molecule has 104 valence electrons. The van der Waals surface area contributed by atoms with E-state index < -0.39 is 23.9 Å². The molecule has 0 aliphatic heterocycles. The van der Waals surface area contributed by atoms with E-state index >= 15 is 0 Å². The van der Waals surface area contributed by atoms with Crippen LogP contribution in [0.3, 0.4) is 0 Å². The first-order chi connectivity index (χ1) is 8.79. The number of carbonyl (C=O) groups excluding carboxylic acids is 1.